The summed E-state index contributed by atoms with van der Waals surface area (Å²) in [6, 6.07) is 9.13. The summed E-state index contributed by atoms with van der Waals surface area (Å²) in [7, 11) is 0. The number of anilines is 1. The number of benzene rings is 1. The lowest BCUT2D eigenvalue weighted by molar-refractivity contribution is -0.137. The second-order valence-corrected chi connectivity index (χ2v) is 4.99. The molecule has 2 aromatic rings. The van der Waals surface area contributed by atoms with Crippen molar-refractivity contribution in [2.24, 2.45) is 0 Å². The van der Waals surface area contributed by atoms with Crippen LogP contribution in [0.1, 0.15) is 23.1 Å². The van der Waals surface area contributed by atoms with Crippen molar-refractivity contribution in [2.45, 2.75) is 19.0 Å². The van der Waals surface area contributed by atoms with Gasteiger partial charge in [0.1, 0.15) is 5.69 Å². The minimum Gasteiger partial charge on any atom is -0.327 e. The number of hydrogen-bond acceptors (Lipinski definition) is 3. The lowest BCUT2D eigenvalue weighted by Crippen LogP contribution is -2.21. The number of amides is 1. The zero-order chi connectivity index (χ0) is 17.7. The summed E-state index contributed by atoms with van der Waals surface area (Å²) in [5.41, 5.74) is -1.03. The standard InChI is InChI=1S/C16H12F3N3O2/c17-16(18,19)12-7-13(15(24)21-9-12)22-14(23)6-5-10-1-3-11(8-20)4-2-10/h1-4,7,9H,5-6H2,(H,21,24)(H,22,23). The first kappa shape index (κ1) is 17.3. The van der Waals surface area contributed by atoms with E-state index < -0.39 is 28.9 Å². The second kappa shape index (κ2) is 7.00. The van der Waals surface area contributed by atoms with Crippen LogP contribution in [0, 0.1) is 11.3 Å². The first-order chi connectivity index (χ1) is 11.3. The monoisotopic (exact) mass is 335 g/mol. The number of nitriles is 1. The summed E-state index contributed by atoms with van der Waals surface area (Å²) in [6.07, 6.45) is -3.75. The third-order valence-electron chi connectivity index (χ3n) is 3.23. The van der Waals surface area contributed by atoms with Gasteiger partial charge in [0.25, 0.3) is 5.56 Å². The van der Waals surface area contributed by atoms with Gasteiger partial charge in [-0.05, 0) is 30.2 Å². The number of nitrogens with zero attached hydrogens (tertiary/aromatic N) is 1. The van der Waals surface area contributed by atoms with Crippen LogP contribution < -0.4 is 10.9 Å². The van der Waals surface area contributed by atoms with Crippen molar-refractivity contribution in [3.63, 3.8) is 0 Å². The molecule has 24 heavy (non-hydrogen) atoms. The molecule has 5 nitrogen and oxygen atoms in total. The molecule has 0 unspecified atom stereocenters. The topological polar surface area (TPSA) is 85.8 Å². The second-order valence-electron chi connectivity index (χ2n) is 4.99. The first-order valence-corrected chi connectivity index (χ1v) is 6.88. The molecule has 1 aromatic heterocycles. The molecule has 0 saturated heterocycles. The van der Waals surface area contributed by atoms with Crippen molar-refractivity contribution in [1.82, 2.24) is 4.98 Å². The smallest absolute Gasteiger partial charge is 0.327 e. The third-order valence-corrected chi connectivity index (χ3v) is 3.23. The zero-order valence-corrected chi connectivity index (χ0v) is 12.3. The van der Waals surface area contributed by atoms with Crippen LogP contribution in [0.2, 0.25) is 0 Å². The minimum atomic E-state index is -4.62. The predicted molar refractivity (Wildman–Crippen MR) is 80.2 cm³/mol. The van der Waals surface area contributed by atoms with Gasteiger partial charge in [-0.15, -0.1) is 0 Å². The molecule has 0 fully saturated rings. The van der Waals surface area contributed by atoms with Gasteiger partial charge in [0.05, 0.1) is 17.2 Å². The average molecular weight is 335 g/mol. The molecule has 0 aliphatic carbocycles. The molecule has 124 valence electrons. The van der Waals surface area contributed by atoms with Crippen molar-refractivity contribution in [2.75, 3.05) is 5.32 Å². The normalized spacial score (nSPS) is 10.9. The molecule has 0 saturated carbocycles. The maximum atomic E-state index is 12.6. The molecule has 8 heteroatoms. The van der Waals surface area contributed by atoms with Crippen LogP contribution in [-0.2, 0) is 17.4 Å². The molecule has 0 spiro atoms. The van der Waals surface area contributed by atoms with Gasteiger partial charge < -0.3 is 10.3 Å². The number of aromatic nitrogens is 1. The molecule has 0 aliphatic heterocycles. The maximum Gasteiger partial charge on any atom is 0.417 e. The Labute approximate surface area is 134 Å². The summed E-state index contributed by atoms with van der Waals surface area (Å²) in [5, 5.41) is 10.9. The van der Waals surface area contributed by atoms with Crippen molar-refractivity contribution < 1.29 is 18.0 Å². The van der Waals surface area contributed by atoms with E-state index in [0.717, 1.165) is 5.56 Å². The average Bonchev–Trinajstić information content (AvgIpc) is 2.54. The van der Waals surface area contributed by atoms with E-state index in [1.54, 1.807) is 24.3 Å². The maximum absolute atomic E-state index is 12.6. The number of H-pyrrole nitrogens is 1. The van der Waals surface area contributed by atoms with Gasteiger partial charge in [-0.25, -0.2) is 0 Å². The van der Waals surface area contributed by atoms with E-state index in [4.69, 9.17) is 5.26 Å². The Morgan fingerprint density at radius 2 is 1.92 bits per heavy atom. The molecule has 0 atom stereocenters. The van der Waals surface area contributed by atoms with Crippen LogP contribution in [0.25, 0.3) is 0 Å². The fourth-order valence-electron chi connectivity index (χ4n) is 1.96. The number of alkyl halides is 3. The van der Waals surface area contributed by atoms with Crippen LogP contribution in [0.4, 0.5) is 18.9 Å². The zero-order valence-electron chi connectivity index (χ0n) is 12.3. The Morgan fingerprint density at radius 1 is 1.25 bits per heavy atom. The molecule has 0 radical (unpaired) electrons. The molecule has 2 rings (SSSR count). The van der Waals surface area contributed by atoms with E-state index in [1.165, 1.54) is 0 Å². The summed E-state index contributed by atoms with van der Waals surface area (Å²) in [4.78, 5) is 25.3. The van der Waals surface area contributed by atoms with Gasteiger partial charge in [0, 0.05) is 12.6 Å². The van der Waals surface area contributed by atoms with E-state index in [-0.39, 0.29) is 6.42 Å². The fourth-order valence-corrected chi connectivity index (χ4v) is 1.96. The van der Waals surface area contributed by atoms with Crippen molar-refractivity contribution >= 4 is 11.6 Å². The molecule has 2 N–H and O–H groups in total. The molecular weight excluding hydrogens is 323 g/mol. The Morgan fingerprint density at radius 3 is 2.50 bits per heavy atom. The largest absolute Gasteiger partial charge is 0.417 e. The molecule has 1 amide bonds. The SMILES string of the molecule is N#Cc1ccc(CCC(=O)Nc2cc(C(F)(F)F)c[nH]c2=O)cc1. The van der Waals surface area contributed by atoms with Crippen LogP contribution >= 0.6 is 0 Å². The lowest BCUT2D eigenvalue weighted by Gasteiger charge is -2.09. The van der Waals surface area contributed by atoms with E-state index in [2.05, 4.69) is 5.32 Å². The lowest BCUT2D eigenvalue weighted by atomic mass is 10.1. The van der Waals surface area contributed by atoms with Gasteiger partial charge in [-0.3, -0.25) is 9.59 Å². The highest BCUT2D eigenvalue weighted by atomic mass is 19.4. The molecule has 1 aromatic carbocycles. The summed E-state index contributed by atoms with van der Waals surface area (Å²) in [5.74, 6) is -0.579. The number of carbonyl (C=O) groups excluding carboxylic acids is 1. The number of halogens is 3. The van der Waals surface area contributed by atoms with Crippen LogP contribution in [0.3, 0.4) is 0 Å². The van der Waals surface area contributed by atoms with Crippen molar-refractivity contribution in [3.8, 4) is 6.07 Å². The molecular formula is C16H12F3N3O2. The molecule has 1 heterocycles. The summed E-state index contributed by atoms with van der Waals surface area (Å²) in [6.45, 7) is 0. The highest BCUT2D eigenvalue weighted by molar-refractivity contribution is 5.90. The highest BCUT2D eigenvalue weighted by Crippen LogP contribution is 2.29. The quantitative estimate of drug-likeness (QED) is 0.901. The van der Waals surface area contributed by atoms with E-state index in [9.17, 15) is 22.8 Å². The van der Waals surface area contributed by atoms with Crippen LogP contribution in [0.5, 0.6) is 0 Å². The molecule has 0 bridgehead atoms. The minimum absolute atomic E-state index is 0.0123. The predicted octanol–water partition coefficient (Wildman–Crippen LogP) is 2.84. The number of aryl methyl sites for hydroxylation is 1. The van der Waals surface area contributed by atoms with Gasteiger partial charge in [-0.2, -0.15) is 18.4 Å². The Bertz CT molecular complexity index is 833. The number of pyridine rings is 1. The van der Waals surface area contributed by atoms with Gasteiger partial charge in [-0.1, -0.05) is 12.1 Å². The summed E-state index contributed by atoms with van der Waals surface area (Å²) >= 11 is 0. The van der Waals surface area contributed by atoms with E-state index in [1.807, 2.05) is 11.1 Å². The number of hydrogen-bond donors (Lipinski definition) is 2. The van der Waals surface area contributed by atoms with Crippen molar-refractivity contribution in [3.05, 3.63) is 63.6 Å². The van der Waals surface area contributed by atoms with Crippen molar-refractivity contribution in [1.29, 1.82) is 5.26 Å². The highest BCUT2D eigenvalue weighted by Gasteiger charge is 2.31. The summed E-state index contributed by atoms with van der Waals surface area (Å²) < 4.78 is 37.8. The first-order valence-electron chi connectivity index (χ1n) is 6.88. The fraction of sp³-hybridized carbons (Fsp3) is 0.188. The number of carbonyl (C=O) groups is 1. The van der Waals surface area contributed by atoms with E-state index >= 15 is 0 Å². The number of nitrogens with one attached hydrogen (secondary N) is 2. The number of rotatable bonds is 4. The van der Waals surface area contributed by atoms with Crippen LogP contribution in [-0.4, -0.2) is 10.9 Å². The van der Waals surface area contributed by atoms with Crippen LogP contribution in [0.15, 0.2) is 41.3 Å². The Balaban J connectivity index is 2.02. The Hall–Kier alpha value is -3.08. The van der Waals surface area contributed by atoms with Gasteiger partial charge in [0.2, 0.25) is 5.91 Å². The molecule has 0 aliphatic rings. The van der Waals surface area contributed by atoms with E-state index in [0.29, 0.717) is 24.2 Å². The van der Waals surface area contributed by atoms with Gasteiger partial charge >= 0.3 is 6.18 Å². The number of aromatic amines is 1. The third kappa shape index (κ3) is 4.46. The Kier molecular flexibility index (Phi) is 5.04. The van der Waals surface area contributed by atoms with Gasteiger partial charge in [0.15, 0.2) is 0 Å².